The number of carbonyl (C=O) groups is 2. The predicted molar refractivity (Wildman–Crippen MR) is 74.3 cm³/mol. The topological polar surface area (TPSA) is 69.2 Å². The van der Waals surface area contributed by atoms with Crippen LogP contribution in [0, 0.1) is 5.41 Å². The highest BCUT2D eigenvalue weighted by Crippen LogP contribution is 2.15. The molecule has 0 spiro atoms. The summed E-state index contributed by atoms with van der Waals surface area (Å²) in [6.07, 6.45) is 1.35. The van der Waals surface area contributed by atoms with E-state index < -0.39 is 11.4 Å². The van der Waals surface area contributed by atoms with Crippen LogP contribution >= 0.6 is 0 Å². The van der Waals surface area contributed by atoms with Crippen LogP contribution in [0.5, 0.6) is 0 Å². The van der Waals surface area contributed by atoms with Crippen LogP contribution in [0.25, 0.3) is 11.0 Å². The summed E-state index contributed by atoms with van der Waals surface area (Å²) in [7, 11) is 0. The fraction of sp³-hybridized carbons (Fsp3) is 0.333. The lowest BCUT2D eigenvalue weighted by molar-refractivity contribution is -0.129. The van der Waals surface area contributed by atoms with Crippen molar-refractivity contribution in [2.45, 2.75) is 20.8 Å². The van der Waals surface area contributed by atoms with E-state index in [-0.39, 0.29) is 18.1 Å². The maximum absolute atomic E-state index is 11.8. The van der Waals surface area contributed by atoms with Crippen LogP contribution in [0.2, 0.25) is 0 Å². The molecular formula is C15H16N2O3. The SMILES string of the molecule is CC(C)(C)C(=O)COC(=O)c1cnc2ccccc2n1. The normalized spacial score (nSPS) is 11.3. The van der Waals surface area contributed by atoms with Gasteiger partial charge in [-0.2, -0.15) is 0 Å². The zero-order valence-electron chi connectivity index (χ0n) is 11.7. The summed E-state index contributed by atoms with van der Waals surface area (Å²) in [4.78, 5) is 31.8. The summed E-state index contributed by atoms with van der Waals surface area (Å²) in [5.74, 6) is -0.777. The first kappa shape index (κ1) is 14.1. The van der Waals surface area contributed by atoms with Gasteiger partial charge >= 0.3 is 5.97 Å². The Kier molecular flexibility index (Phi) is 3.79. The number of nitrogens with zero attached hydrogens (tertiary/aromatic N) is 2. The van der Waals surface area contributed by atoms with E-state index in [1.807, 2.05) is 12.1 Å². The number of ketones is 1. The van der Waals surface area contributed by atoms with E-state index >= 15 is 0 Å². The van der Waals surface area contributed by atoms with Crippen molar-refractivity contribution in [1.82, 2.24) is 9.97 Å². The molecule has 0 amide bonds. The minimum atomic E-state index is -0.638. The number of fused-ring (bicyclic) bond motifs is 1. The van der Waals surface area contributed by atoms with Crippen molar-refractivity contribution in [3.05, 3.63) is 36.2 Å². The minimum Gasteiger partial charge on any atom is -0.453 e. The summed E-state index contributed by atoms with van der Waals surface area (Å²) in [6.45, 7) is 5.08. The number of hydrogen-bond acceptors (Lipinski definition) is 5. The number of carbonyl (C=O) groups excluding carboxylic acids is 2. The average Bonchev–Trinajstić information content (AvgIpc) is 2.42. The Hall–Kier alpha value is -2.30. The molecule has 0 aliphatic carbocycles. The second kappa shape index (κ2) is 5.36. The Bertz CT molecular complexity index is 659. The lowest BCUT2D eigenvalue weighted by atomic mass is 9.91. The van der Waals surface area contributed by atoms with Crippen molar-refractivity contribution >= 4 is 22.8 Å². The number of rotatable bonds is 3. The Morgan fingerprint density at radius 3 is 2.45 bits per heavy atom. The fourth-order valence-corrected chi connectivity index (χ4v) is 1.48. The van der Waals surface area contributed by atoms with Crippen molar-refractivity contribution in [2.75, 3.05) is 6.61 Å². The van der Waals surface area contributed by atoms with E-state index in [1.165, 1.54) is 6.20 Å². The number of aromatic nitrogens is 2. The van der Waals surface area contributed by atoms with Gasteiger partial charge < -0.3 is 4.74 Å². The van der Waals surface area contributed by atoms with Crippen LogP contribution in [0.4, 0.5) is 0 Å². The molecular weight excluding hydrogens is 256 g/mol. The van der Waals surface area contributed by atoms with Crippen LogP contribution in [0.15, 0.2) is 30.5 Å². The molecule has 104 valence electrons. The quantitative estimate of drug-likeness (QED) is 0.802. The highest BCUT2D eigenvalue weighted by molar-refractivity contribution is 5.92. The highest BCUT2D eigenvalue weighted by atomic mass is 16.5. The summed E-state index contributed by atoms with van der Waals surface area (Å²) < 4.78 is 4.97. The van der Waals surface area contributed by atoms with Gasteiger partial charge in [0.05, 0.1) is 17.2 Å². The van der Waals surface area contributed by atoms with E-state index in [9.17, 15) is 9.59 Å². The third kappa shape index (κ3) is 3.17. The molecule has 0 aliphatic rings. The molecule has 0 bridgehead atoms. The van der Waals surface area contributed by atoms with Crippen LogP contribution < -0.4 is 0 Å². The molecule has 0 saturated heterocycles. The second-order valence-electron chi connectivity index (χ2n) is 5.49. The standard InChI is InChI=1S/C15H16N2O3/c1-15(2,3)13(18)9-20-14(19)12-8-16-10-6-4-5-7-11(10)17-12/h4-8H,9H2,1-3H3. The number of hydrogen-bond donors (Lipinski definition) is 0. The molecule has 5 nitrogen and oxygen atoms in total. The Labute approximate surface area is 117 Å². The number of benzene rings is 1. The smallest absolute Gasteiger partial charge is 0.359 e. The van der Waals surface area contributed by atoms with E-state index in [4.69, 9.17) is 4.74 Å². The van der Waals surface area contributed by atoms with Gasteiger partial charge in [-0.3, -0.25) is 9.78 Å². The first-order chi connectivity index (χ1) is 9.38. The van der Waals surface area contributed by atoms with Gasteiger partial charge in [0.15, 0.2) is 18.1 Å². The van der Waals surface area contributed by atoms with Gasteiger partial charge in [-0.25, -0.2) is 9.78 Å². The first-order valence-electron chi connectivity index (χ1n) is 6.30. The molecule has 1 aromatic heterocycles. The second-order valence-corrected chi connectivity index (χ2v) is 5.49. The molecule has 2 aromatic rings. The summed E-state index contributed by atoms with van der Waals surface area (Å²) in [5.41, 5.74) is 0.888. The number of Topliss-reactive ketones (excluding diaryl/α,β-unsaturated/α-hetero) is 1. The summed E-state index contributed by atoms with van der Waals surface area (Å²) in [5, 5.41) is 0. The van der Waals surface area contributed by atoms with E-state index in [2.05, 4.69) is 9.97 Å². The largest absolute Gasteiger partial charge is 0.453 e. The number of esters is 1. The summed E-state index contributed by atoms with van der Waals surface area (Å²) >= 11 is 0. The summed E-state index contributed by atoms with van der Waals surface area (Å²) in [6, 6.07) is 7.23. The van der Waals surface area contributed by atoms with E-state index in [0.717, 1.165) is 0 Å². The molecule has 1 aromatic carbocycles. The van der Waals surface area contributed by atoms with Gasteiger partial charge in [-0.05, 0) is 12.1 Å². The van der Waals surface area contributed by atoms with Gasteiger partial charge in [0, 0.05) is 5.41 Å². The third-order valence-corrected chi connectivity index (χ3v) is 2.83. The van der Waals surface area contributed by atoms with Gasteiger partial charge in [0.1, 0.15) is 0 Å². The number of para-hydroxylation sites is 2. The zero-order valence-corrected chi connectivity index (χ0v) is 11.7. The van der Waals surface area contributed by atoms with Crippen molar-refractivity contribution < 1.29 is 14.3 Å². The molecule has 0 fully saturated rings. The molecule has 20 heavy (non-hydrogen) atoms. The number of ether oxygens (including phenoxy) is 1. The molecule has 0 N–H and O–H groups in total. The molecule has 5 heteroatoms. The Balaban J connectivity index is 2.10. The van der Waals surface area contributed by atoms with Gasteiger partial charge in [-0.1, -0.05) is 32.9 Å². The Morgan fingerprint density at radius 2 is 1.80 bits per heavy atom. The molecule has 0 radical (unpaired) electrons. The predicted octanol–water partition coefficient (Wildman–Crippen LogP) is 2.40. The van der Waals surface area contributed by atoms with Crippen LogP contribution in [0.1, 0.15) is 31.3 Å². The third-order valence-electron chi connectivity index (χ3n) is 2.83. The fourth-order valence-electron chi connectivity index (χ4n) is 1.48. The van der Waals surface area contributed by atoms with Crippen molar-refractivity contribution in [3.8, 4) is 0 Å². The van der Waals surface area contributed by atoms with Crippen LogP contribution in [-0.2, 0) is 9.53 Å². The molecule has 0 aliphatic heterocycles. The molecule has 1 heterocycles. The molecule has 0 unspecified atom stereocenters. The monoisotopic (exact) mass is 272 g/mol. The van der Waals surface area contributed by atoms with Gasteiger partial charge in [0.25, 0.3) is 0 Å². The van der Waals surface area contributed by atoms with Gasteiger partial charge in [-0.15, -0.1) is 0 Å². The zero-order chi connectivity index (χ0) is 14.8. The van der Waals surface area contributed by atoms with E-state index in [0.29, 0.717) is 11.0 Å². The Morgan fingerprint density at radius 1 is 1.15 bits per heavy atom. The molecule has 2 rings (SSSR count). The van der Waals surface area contributed by atoms with Crippen molar-refractivity contribution in [2.24, 2.45) is 5.41 Å². The average molecular weight is 272 g/mol. The maximum Gasteiger partial charge on any atom is 0.359 e. The minimum absolute atomic E-state index is 0.102. The van der Waals surface area contributed by atoms with E-state index in [1.54, 1.807) is 32.9 Å². The molecule has 0 saturated carbocycles. The van der Waals surface area contributed by atoms with Crippen LogP contribution in [0.3, 0.4) is 0 Å². The van der Waals surface area contributed by atoms with Crippen LogP contribution in [-0.4, -0.2) is 28.3 Å². The maximum atomic E-state index is 11.8. The van der Waals surface area contributed by atoms with Crippen molar-refractivity contribution in [3.63, 3.8) is 0 Å². The highest BCUT2D eigenvalue weighted by Gasteiger charge is 2.23. The lowest BCUT2D eigenvalue weighted by Gasteiger charge is -2.15. The van der Waals surface area contributed by atoms with Gasteiger partial charge in [0.2, 0.25) is 0 Å². The molecule has 0 atom stereocenters. The lowest BCUT2D eigenvalue weighted by Crippen LogP contribution is -2.26. The first-order valence-corrected chi connectivity index (χ1v) is 6.30. The van der Waals surface area contributed by atoms with Crippen molar-refractivity contribution in [1.29, 1.82) is 0 Å².